The molecule has 41 heavy (non-hydrogen) atoms. The molecule has 214 valence electrons. The molecule has 0 aliphatic carbocycles. The van der Waals surface area contributed by atoms with Gasteiger partial charge >= 0.3 is 5.97 Å². The number of esters is 1. The number of benzene rings is 2. The van der Waals surface area contributed by atoms with E-state index in [1.807, 2.05) is 20.8 Å². The second kappa shape index (κ2) is 11.7. The molecule has 0 spiro atoms. The number of aromatic nitrogens is 1. The molecule has 2 aromatic carbocycles. The van der Waals surface area contributed by atoms with Crippen molar-refractivity contribution in [3.8, 4) is 6.07 Å². The minimum Gasteiger partial charge on any atom is -0.465 e. The van der Waals surface area contributed by atoms with Gasteiger partial charge < -0.3 is 15.4 Å². The van der Waals surface area contributed by atoms with E-state index >= 15 is 8.78 Å². The highest BCUT2D eigenvalue weighted by molar-refractivity contribution is 6.31. The molecule has 0 bridgehead atoms. The fourth-order valence-corrected chi connectivity index (χ4v) is 5.81. The van der Waals surface area contributed by atoms with Crippen LogP contribution in [0.25, 0.3) is 0 Å². The monoisotopic (exact) mass is 600 g/mol. The first-order valence-electron chi connectivity index (χ1n) is 12.7. The molecule has 4 atom stereocenters. The van der Waals surface area contributed by atoms with Gasteiger partial charge in [-0.1, -0.05) is 62.2 Å². The van der Waals surface area contributed by atoms with E-state index in [9.17, 15) is 14.9 Å². The zero-order valence-corrected chi connectivity index (χ0v) is 24.3. The van der Waals surface area contributed by atoms with Gasteiger partial charge in [-0.3, -0.25) is 4.79 Å². The Morgan fingerprint density at radius 3 is 2.49 bits per heavy atom. The first-order valence-corrected chi connectivity index (χ1v) is 13.5. The molecule has 1 aromatic heterocycles. The van der Waals surface area contributed by atoms with Crippen molar-refractivity contribution in [1.29, 1.82) is 5.26 Å². The Bertz CT molecular complexity index is 1520. The van der Waals surface area contributed by atoms with E-state index in [-0.39, 0.29) is 38.0 Å². The number of methoxy groups -OCH3 is 1. The summed E-state index contributed by atoms with van der Waals surface area (Å²) in [6, 6.07) is 11.4. The topological polar surface area (TPSA) is 104 Å². The molecule has 0 saturated carbocycles. The van der Waals surface area contributed by atoms with Gasteiger partial charge in [-0.15, -0.1) is 0 Å². The zero-order chi connectivity index (χ0) is 30.1. The van der Waals surface area contributed by atoms with Gasteiger partial charge in [0.25, 0.3) is 0 Å². The number of nitrogens with zero attached hydrogens (tertiary/aromatic N) is 2. The maximum Gasteiger partial charge on any atom is 0.339 e. The number of ether oxygens (including phenoxy) is 1. The molecule has 11 heteroatoms. The summed E-state index contributed by atoms with van der Waals surface area (Å²) in [7, 11) is 1.23. The van der Waals surface area contributed by atoms with Crippen molar-refractivity contribution in [3.63, 3.8) is 0 Å². The second-order valence-electron chi connectivity index (χ2n) is 11.1. The Hall–Kier alpha value is -3.58. The van der Waals surface area contributed by atoms with Crippen molar-refractivity contribution in [2.45, 2.75) is 50.6 Å². The van der Waals surface area contributed by atoms with Gasteiger partial charge in [-0.2, -0.15) is 5.26 Å². The van der Waals surface area contributed by atoms with Crippen molar-refractivity contribution in [2.75, 3.05) is 12.4 Å². The molecule has 7 nitrogen and oxygen atoms in total. The average Bonchev–Trinajstić information content (AvgIpc) is 3.23. The van der Waals surface area contributed by atoms with E-state index in [1.54, 1.807) is 0 Å². The Kier molecular flexibility index (Phi) is 8.69. The predicted octanol–water partition coefficient (Wildman–Crippen LogP) is 6.41. The SMILES string of the molecule is COC(=O)c1ccc(NC(=O)[C@@H]2N[C@@H](CC(C)(C)C)[C@](C#N)(c3ccc(Cl)cc3F)[C@H]2c2cccc(Cl)c2F)nc1. The Morgan fingerprint density at radius 2 is 1.90 bits per heavy atom. The molecule has 1 amide bonds. The molecule has 0 unspecified atom stereocenters. The molecule has 3 aromatic rings. The van der Waals surface area contributed by atoms with Crippen molar-refractivity contribution in [1.82, 2.24) is 10.3 Å². The molecule has 0 radical (unpaired) electrons. The summed E-state index contributed by atoms with van der Waals surface area (Å²) in [5, 5.41) is 16.7. The molecule has 1 fully saturated rings. The lowest BCUT2D eigenvalue weighted by atomic mass is 9.62. The number of carbonyl (C=O) groups excluding carboxylic acids is 2. The minimum atomic E-state index is -1.75. The Morgan fingerprint density at radius 1 is 1.17 bits per heavy atom. The van der Waals surface area contributed by atoms with Crippen LogP contribution in [0.5, 0.6) is 0 Å². The van der Waals surface area contributed by atoms with Gasteiger partial charge in [0.2, 0.25) is 5.91 Å². The third-order valence-corrected chi connectivity index (χ3v) is 7.69. The summed E-state index contributed by atoms with van der Waals surface area (Å²) in [6.07, 6.45) is 1.57. The summed E-state index contributed by atoms with van der Waals surface area (Å²) >= 11 is 12.2. The number of rotatable bonds is 6. The third-order valence-electron chi connectivity index (χ3n) is 7.17. The number of pyridine rings is 1. The second-order valence-corrected chi connectivity index (χ2v) is 11.9. The van der Waals surface area contributed by atoms with E-state index in [4.69, 9.17) is 23.2 Å². The van der Waals surface area contributed by atoms with Gasteiger partial charge in [0.05, 0.1) is 29.8 Å². The number of carbonyl (C=O) groups is 2. The van der Waals surface area contributed by atoms with Gasteiger partial charge in [0, 0.05) is 28.7 Å². The number of nitriles is 1. The highest BCUT2D eigenvalue weighted by atomic mass is 35.5. The first-order chi connectivity index (χ1) is 19.3. The molecule has 1 saturated heterocycles. The molecule has 1 aliphatic heterocycles. The number of hydrogen-bond acceptors (Lipinski definition) is 6. The fraction of sp³-hybridized carbons (Fsp3) is 0.333. The van der Waals surface area contributed by atoms with Gasteiger partial charge in [-0.05, 0) is 47.7 Å². The minimum absolute atomic E-state index is 0.0218. The smallest absolute Gasteiger partial charge is 0.339 e. The van der Waals surface area contributed by atoms with Crippen LogP contribution in [-0.2, 0) is 14.9 Å². The number of amides is 1. The van der Waals surface area contributed by atoms with Crippen LogP contribution in [0.1, 0.15) is 54.6 Å². The van der Waals surface area contributed by atoms with E-state index in [0.717, 1.165) is 6.07 Å². The summed E-state index contributed by atoms with van der Waals surface area (Å²) in [5.74, 6) is -3.92. The molecule has 1 aliphatic rings. The summed E-state index contributed by atoms with van der Waals surface area (Å²) < 4.78 is 36.1. The van der Waals surface area contributed by atoms with Gasteiger partial charge in [0.1, 0.15) is 22.9 Å². The van der Waals surface area contributed by atoms with Crippen LogP contribution < -0.4 is 10.6 Å². The molecule has 2 heterocycles. The predicted molar refractivity (Wildman–Crippen MR) is 152 cm³/mol. The Labute approximate surface area is 246 Å². The van der Waals surface area contributed by atoms with Gasteiger partial charge in [0.15, 0.2) is 0 Å². The molecule has 4 rings (SSSR count). The van der Waals surface area contributed by atoms with Crippen LogP contribution >= 0.6 is 23.2 Å². The van der Waals surface area contributed by atoms with E-state index < -0.39 is 46.9 Å². The number of anilines is 1. The fourth-order valence-electron chi connectivity index (χ4n) is 5.47. The van der Waals surface area contributed by atoms with E-state index in [0.29, 0.717) is 6.42 Å². The van der Waals surface area contributed by atoms with Crippen LogP contribution in [0.3, 0.4) is 0 Å². The van der Waals surface area contributed by atoms with Crippen molar-refractivity contribution in [3.05, 3.63) is 93.1 Å². The first kappa shape index (κ1) is 30.4. The van der Waals surface area contributed by atoms with Crippen LogP contribution in [-0.4, -0.2) is 36.1 Å². The quantitative estimate of drug-likeness (QED) is 0.317. The van der Waals surface area contributed by atoms with E-state index in [1.165, 1.54) is 55.8 Å². The summed E-state index contributed by atoms with van der Waals surface area (Å²) in [5.41, 5.74) is -2.00. The Balaban J connectivity index is 1.90. The molecular weight excluding hydrogens is 573 g/mol. The zero-order valence-electron chi connectivity index (χ0n) is 22.8. The highest BCUT2D eigenvalue weighted by Crippen LogP contribution is 2.52. The lowest BCUT2D eigenvalue weighted by Gasteiger charge is -2.37. The van der Waals surface area contributed by atoms with Crippen molar-refractivity contribution >= 4 is 40.9 Å². The number of halogens is 4. The maximum atomic E-state index is 15.7. The molecular formula is C30H28Cl2F2N4O3. The van der Waals surface area contributed by atoms with Gasteiger partial charge in [-0.25, -0.2) is 18.6 Å². The lowest BCUT2D eigenvalue weighted by molar-refractivity contribution is -0.118. The van der Waals surface area contributed by atoms with Crippen LogP contribution in [0.4, 0.5) is 14.6 Å². The largest absolute Gasteiger partial charge is 0.465 e. The lowest BCUT2D eigenvalue weighted by Crippen LogP contribution is -2.45. The normalized spacial score (nSPS) is 22.2. The van der Waals surface area contributed by atoms with Crippen LogP contribution in [0.2, 0.25) is 10.0 Å². The number of nitrogens with one attached hydrogen (secondary N) is 2. The van der Waals surface area contributed by atoms with Crippen molar-refractivity contribution in [2.24, 2.45) is 5.41 Å². The van der Waals surface area contributed by atoms with Crippen LogP contribution in [0.15, 0.2) is 54.7 Å². The molecule has 2 N–H and O–H groups in total. The number of hydrogen-bond donors (Lipinski definition) is 2. The summed E-state index contributed by atoms with van der Waals surface area (Å²) in [4.78, 5) is 29.8. The van der Waals surface area contributed by atoms with Crippen LogP contribution in [0, 0.1) is 28.4 Å². The van der Waals surface area contributed by atoms with E-state index in [2.05, 4.69) is 26.4 Å². The standard InChI is InChI=1S/C30H28Cl2F2N4O3/c1-29(2,3)13-22-30(15-35,19-10-9-17(31)12-21(19)33)24(18-6-5-7-20(32)25(18)34)26(37-22)27(39)38-23-11-8-16(14-36-23)28(40)41-4/h5-12,14,22,24,26,37H,13H2,1-4H3,(H,36,38,39)/t22-,24-,26+,30-/m0/s1. The third kappa shape index (κ3) is 5.91. The maximum absolute atomic E-state index is 15.7. The highest BCUT2D eigenvalue weighted by Gasteiger charge is 2.61. The average molecular weight is 601 g/mol. The van der Waals surface area contributed by atoms with Crippen molar-refractivity contribution < 1.29 is 23.1 Å². The summed E-state index contributed by atoms with van der Waals surface area (Å²) in [6.45, 7) is 5.85.